The van der Waals surface area contributed by atoms with Gasteiger partial charge in [0.2, 0.25) is 0 Å². The van der Waals surface area contributed by atoms with Gasteiger partial charge in [-0.05, 0) is 28.6 Å². The molecule has 1 rings (SSSR count). The minimum atomic E-state index is 0. The molecule has 1 heterocycles. The molecule has 0 radical (unpaired) electrons. The van der Waals surface area contributed by atoms with Crippen molar-refractivity contribution in [3.63, 3.8) is 0 Å². The molecule has 1 aromatic heterocycles. The molecule has 0 aliphatic heterocycles. The second-order valence-corrected chi connectivity index (χ2v) is 6.02. The van der Waals surface area contributed by atoms with Crippen LogP contribution in [0.5, 0.6) is 0 Å². The number of guanidine groups is 1. The summed E-state index contributed by atoms with van der Waals surface area (Å²) in [4.78, 5) is 6.45. The molecule has 0 aliphatic carbocycles. The van der Waals surface area contributed by atoms with Crippen molar-refractivity contribution in [1.82, 2.24) is 10.2 Å². The fourth-order valence-corrected chi connectivity index (χ4v) is 2.34. The molecule has 6 heteroatoms. The molecule has 0 aliphatic rings. The van der Waals surface area contributed by atoms with Crippen molar-refractivity contribution < 1.29 is 0 Å². The summed E-state index contributed by atoms with van der Waals surface area (Å²) in [6, 6.07) is 2.15. The van der Waals surface area contributed by atoms with Crippen LogP contribution in [0.25, 0.3) is 0 Å². The third kappa shape index (κ3) is 6.29. The first-order valence-corrected chi connectivity index (χ1v) is 7.86. The maximum atomic E-state index is 4.30. The van der Waals surface area contributed by atoms with Gasteiger partial charge in [-0.25, -0.2) is 0 Å². The second kappa shape index (κ2) is 9.91. The monoisotopic (exact) mass is 399 g/mol. The van der Waals surface area contributed by atoms with Crippen LogP contribution in [0.3, 0.4) is 0 Å². The predicted octanol–water partition coefficient (Wildman–Crippen LogP) is 3.12. The van der Waals surface area contributed by atoms with Gasteiger partial charge in [-0.15, -0.1) is 24.0 Å². The minimum absolute atomic E-state index is 0. The number of thiophene rings is 1. The maximum Gasteiger partial charge on any atom is 0.193 e. The first kappa shape index (κ1) is 18.0. The number of nitrogens with zero attached hydrogens (tertiary/aromatic N) is 2. The lowest BCUT2D eigenvalue weighted by molar-refractivity contribution is 0.478. The number of hydrogen-bond acceptors (Lipinski definition) is 3. The van der Waals surface area contributed by atoms with Gasteiger partial charge in [-0.1, -0.05) is 6.92 Å². The van der Waals surface area contributed by atoms with Gasteiger partial charge in [0.15, 0.2) is 5.96 Å². The highest BCUT2D eigenvalue weighted by Gasteiger charge is 2.08. The Bertz CT molecular complexity index is 341. The smallest absolute Gasteiger partial charge is 0.193 e. The Morgan fingerprint density at radius 2 is 2.33 bits per heavy atom. The number of hydrogen-bond donors (Lipinski definition) is 1. The van der Waals surface area contributed by atoms with E-state index in [1.54, 1.807) is 11.3 Å². The van der Waals surface area contributed by atoms with Crippen molar-refractivity contribution in [3.05, 3.63) is 22.4 Å². The first-order chi connectivity index (χ1) is 8.17. The first-order valence-electron chi connectivity index (χ1n) is 5.63. The van der Waals surface area contributed by atoms with E-state index in [1.807, 2.05) is 18.8 Å². The van der Waals surface area contributed by atoms with Crippen LogP contribution in [-0.4, -0.2) is 43.0 Å². The zero-order valence-corrected chi connectivity index (χ0v) is 15.3. The summed E-state index contributed by atoms with van der Waals surface area (Å²) < 4.78 is 0. The molecular formula is C12H22IN3S2. The van der Waals surface area contributed by atoms with Crippen molar-refractivity contribution in [2.45, 2.75) is 18.7 Å². The largest absolute Gasteiger partial charge is 0.355 e. The molecule has 3 nitrogen and oxygen atoms in total. The topological polar surface area (TPSA) is 27.6 Å². The fraction of sp³-hybridized carbons (Fsp3) is 0.583. The van der Waals surface area contributed by atoms with Gasteiger partial charge in [0.05, 0.1) is 0 Å². The fourth-order valence-electron chi connectivity index (χ4n) is 1.43. The van der Waals surface area contributed by atoms with E-state index >= 15 is 0 Å². The van der Waals surface area contributed by atoms with Crippen LogP contribution in [0.2, 0.25) is 0 Å². The summed E-state index contributed by atoms with van der Waals surface area (Å²) in [5.74, 6) is 0.956. The van der Waals surface area contributed by atoms with Gasteiger partial charge in [-0.3, -0.25) is 4.99 Å². The maximum absolute atomic E-state index is 4.30. The molecule has 0 aromatic carbocycles. The zero-order chi connectivity index (χ0) is 12.7. The Labute approximate surface area is 135 Å². The lowest BCUT2D eigenvalue weighted by atomic mass is 10.3. The number of halogens is 1. The van der Waals surface area contributed by atoms with Crippen molar-refractivity contribution in [1.29, 1.82) is 0 Å². The summed E-state index contributed by atoms with van der Waals surface area (Å²) in [7, 11) is 3.90. The molecule has 1 N–H and O–H groups in total. The van der Waals surface area contributed by atoms with E-state index in [-0.39, 0.29) is 24.0 Å². The molecule has 18 heavy (non-hydrogen) atoms. The predicted molar refractivity (Wildman–Crippen MR) is 95.5 cm³/mol. The third-order valence-corrected chi connectivity index (χ3v) is 4.23. The summed E-state index contributed by atoms with van der Waals surface area (Å²) in [5, 5.41) is 8.27. The molecule has 1 atom stereocenters. The van der Waals surface area contributed by atoms with Crippen molar-refractivity contribution in [2.75, 3.05) is 26.9 Å². The number of rotatable bonds is 5. The van der Waals surface area contributed by atoms with Crippen molar-refractivity contribution in [3.8, 4) is 0 Å². The molecule has 0 amide bonds. The molecule has 1 unspecified atom stereocenters. The molecule has 0 bridgehead atoms. The summed E-state index contributed by atoms with van der Waals surface area (Å²) >= 11 is 3.59. The van der Waals surface area contributed by atoms with Crippen LogP contribution in [-0.2, 0) is 6.54 Å². The third-order valence-electron chi connectivity index (χ3n) is 2.52. The highest BCUT2D eigenvalue weighted by atomic mass is 127. The summed E-state index contributed by atoms with van der Waals surface area (Å²) in [6.07, 6.45) is 2.13. The van der Waals surface area contributed by atoms with Gasteiger partial charge in [0.25, 0.3) is 0 Å². The van der Waals surface area contributed by atoms with E-state index in [2.05, 4.69) is 52.3 Å². The number of aliphatic imine (C=N–C) groups is 1. The molecule has 0 fully saturated rings. The van der Waals surface area contributed by atoms with Gasteiger partial charge < -0.3 is 10.2 Å². The van der Waals surface area contributed by atoms with Gasteiger partial charge in [0.1, 0.15) is 0 Å². The highest BCUT2D eigenvalue weighted by molar-refractivity contribution is 14.0. The molecular weight excluding hydrogens is 377 g/mol. The molecule has 104 valence electrons. The summed E-state index contributed by atoms with van der Waals surface area (Å²) in [6.45, 7) is 4.06. The van der Waals surface area contributed by atoms with E-state index in [0.29, 0.717) is 5.25 Å². The Morgan fingerprint density at radius 1 is 1.61 bits per heavy atom. The van der Waals surface area contributed by atoms with E-state index in [1.165, 1.54) is 5.56 Å². The highest BCUT2D eigenvalue weighted by Crippen LogP contribution is 2.08. The van der Waals surface area contributed by atoms with Crippen molar-refractivity contribution >= 4 is 53.0 Å². The van der Waals surface area contributed by atoms with E-state index in [0.717, 1.165) is 19.0 Å². The lowest BCUT2D eigenvalue weighted by Crippen LogP contribution is -2.40. The Kier molecular flexibility index (Phi) is 9.94. The molecule has 1 aromatic rings. The Balaban J connectivity index is 0.00000289. The Hall–Kier alpha value is 0.0500. The average molecular weight is 399 g/mol. The minimum Gasteiger partial charge on any atom is -0.355 e. The SMILES string of the molecule is CN=C(NCC(C)SC)N(C)Cc1ccsc1.I. The van der Waals surface area contributed by atoms with Gasteiger partial charge in [0, 0.05) is 32.4 Å². The standard InChI is InChI=1S/C12H21N3S2.HI/c1-10(16-4)7-14-12(13-2)15(3)8-11-5-6-17-9-11;/h5-6,9-10H,7-8H2,1-4H3,(H,13,14);1H. The second-order valence-electron chi connectivity index (χ2n) is 3.96. The van der Waals surface area contributed by atoms with Gasteiger partial charge >= 0.3 is 0 Å². The average Bonchev–Trinajstić information content (AvgIpc) is 2.82. The van der Waals surface area contributed by atoms with Crippen LogP contribution in [0.4, 0.5) is 0 Å². The molecule has 0 spiro atoms. The van der Waals surface area contributed by atoms with Crippen LogP contribution in [0.1, 0.15) is 12.5 Å². The molecule has 0 saturated carbocycles. The van der Waals surface area contributed by atoms with Crippen LogP contribution < -0.4 is 5.32 Å². The normalized spacial score (nSPS) is 12.8. The van der Waals surface area contributed by atoms with E-state index < -0.39 is 0 Å². The van der Waals surface area contributed by atoms with Crippen LogP contribution in [0.15, 0.2) is 21.8 Å². The van der Waals surface area contributed by atoms with Gasteiger partial charge in [-0.2, -0.15) is 23.1 Å². The Morgan fingerprint density at radius 3 is 2.83 bits per heavy atom. The molecule has 0 saturated heterocycles. The van der Waals surface area contributed by atoms with E-state index in [9.17, 15) is 0 Å². The van der Waals surface area contributed by atoms with Crippen LogP contribution in [0, 0.1) is 0 Å². The number of nitrogens with one attached hydrogen (secondary N) is 1. The zero-order valence-electron chi connectivity index (χ0n) is 11.3. The summed E-state index contributed by atoms with van der Waals surface area (Å²) in [5.41, 5.74) is 1.33. The quantitative estimate of drug-likeness (QED) is 0.469. The lowest BCUT2D eigenvalue weighted by Gasteiger charge is -2.22. The van der Waals surface area contributed by atoms with E-state index in [4.69, 9.17) is 0 Å². The van der Waals surface area contributed by atoms with Crippen LogP contribution >= 0.6 is 47.1 Å². The number of thioether (sulfide) groups is 1. The van der Waals surface area contributed by atoms with Crippen molar-refractivity contribution in [2.24, 2.45) is 4.99 Å².